The molecule has 3 amide bonds. The molecule has 0 spiro atoms. The minimum absolute atomic E-state index is 0.139. The van der Waals surface area contributed by atoms with Crippen LogP contribution in [0.3, 0.4) is 0 Å². The first-order valence-electron chi connectivity index (χ1n) is 12.9. The maximum Gasteiger partial charge on any atom is 0.326 e. The van der Waals surface area contributed by atoms with Gasteiger partial charge in [-0.15, -0.1) is 0 Å². The van der Waals surface area contributed by atoms with Gasteiger partial charge in [0.05, 0.1) is 6.04 Å². The Morgan fingerprint density at radius 3 is 2.24 bits per heavy atom. The predicted octanol–water partition coefficient (Wildman–Crippen LogP) is 2.03. The lowest BCUT2D eigenvalue weighted by molar-refractivity contribution is -0.143. The highest BCUT2D eigenvalue weighted by Crippen LogP contribution is 2.19. The number of aromatic nitrogens is 1. The van der Waals surface area contributed by atoms with E-state index in [1.54, 1.807) is 13.1 Å². The zero-order chi connectivity index (χ0) is 28.4. The van der Waals surface area contributed by atoms with Gasteiger partial charge in [-0.05, 0) is 41.9 Å². The number of fused-ring (bicyclic) bond motifs is 1. The maximum atomic E-state index is 13.5. The van der Waals surface area contributed by atoms with Crippen molar-refractivity contribution in [3.63, 3.8) is 0 Å². The number of carboxylic acids is 1. The molecule has 0 fully saturated rings. The first kappa shape index (κ1) is 31.2. The molecule has 1 aromatic heterocycles. The largest absolute Gasteiger partial charge is 0.480 e. The Hall–Kier alpha value is -3.05. The number of para-hydroxylation sites is 1. The molecule has 0 aliphatic carbocycles. The van der Waals surface area contributed by atoms with Crippen LogP contribution in [0.25, 0.3) is 10.9 Å². The van der Waals surface area contributed by atoms with Gasteiger partial charge in [-0.25, -0.2) is 4.79 Å². The van der Waals surface area contributed by atoms with Crippen LogP contribution < -0.4 is 21.7 Å². The number of rotatable bonds is 15. The Bertz CT molecular complexity index is 1100. The minimum atomic E-state index is -1.13. The fourth-order valence-electron chi connectivity index (χ4n) is 4.01. The zero-order valence-corrected chi connectivity index (χ0v) is 23.6. The summed E-state index contributed by atoms with van der Waals surface area (Å²) in [6, 6.07) is 3.77. The van der Waals surface area contributed by atoms with Crippen LogP contribution in [0, 0.1) is 11.8 Å². The van der Waals surface area contributed by atoms with E-state index in [9.17, 15) is 24.3 Å². The molecule has 10 nitrogen and oxygen atoms in total. The van der Waals surface area contributed by atoms with E-state index in [1.165, 1.54) is 11.8 Å². The Morgan fingerprint density at radius 2 is 1.63 bits per heavy atom. The first-order chi connectivity index (χ1) is 18.0. The SMILES string of the molecule is CCC(C)C(NC(=O)C(CCSC)NC(=O)C(Cc1c[nH]c2ccccc12)NC(=O)C(N)C(C)C)C(=O)O. The van der Waals surface area contributed by atoms with Crippen molar-refractivity contribution in [1.29, 1.82) is 0 Å². The Morgan fingerprint density at radius 1 is 1.00 bits per heavy atom. The van der Waals surface area contributed by atoms with Gasteiger partial charge in [-0.3, -0.25) is 14.4 Å². The van der Waals surface area contributed by atoms with E-state index in [4.69, 9.17) is 5.73 Å². The number of carbonyl (C=O) groups is 4. The summed E-state index contributed by atoms with van der Waals surface area (Å²) < 4.78 is 0. The van der Waals surface area contributed by atoms with Crippen molar-refractivity contribution in [2.24, 2.45) is 17.6 Å². The van der Waals surface area contributed by atoms with Gasteiger partial charge in [0.1, 0.15) is 18.1 Å². The molecule has 11 heteroatoms. The molecule has 5 unspecified atom stereocenters. The Balaban J connectivity index is 2.30. The second-order valence-electron chi connectivity index (χ2n) is 9.95. The van der Waals surface area contributed by atoms with Gasteiger partial charge in [0.25, 0.3) is 0 Å². The summed E-state index contributed by atoms with van der Waals surface area (Å²) in [5, 5.41) is 18.6. The lowest BCUT2D eigenvalue weighted by Crippen LogP contribution is -2.58. The van der Waals surface area contributed by atoms with Crippen molar-refractivity contribution in [2.45, 2.75) is 71.1 Å². The highest BCUT2D eigenvalue weighted by atomic mass is 32.2. The van der Waals surface area contributed by atoms with E-state index in [-0.39, 0.29) is 18.3 Å². The molecule has 210 valence electrons. The average molecular weight is 548 g/mol. The molecule has 0 aliphatic heterocycles. The average Bonchev–Trinajstić information content (AvgIpc) is 3.30. The quantitative estimate of drug-likeness (QED) is 0.198. The van der Waals surface area contributed by atoms with Crippen LogP contribution >= 0.6 is 11.8 Å². The first-order valence-corrected chi connectivity index (χ1v) is 14.3. The molecule has 1 heterocycles. The number of nitrogens with one attached hydrogen (secondary N) is 4. The molecule has 0 saturated carbocycles. The van der Waals surface area contributed by atoms with Gasteiger partial charge >= 0.3 is 5.97 Å². The molecule has 38 heavy (non-hydrogen) atoms. The highest BCUT2D eigenvalue weighted by molar-refractivity contribution is 7.98. The van der Waals surface area contributed by atoms with Crippen LogP contribution in [0.2, 0.25) is 0 Å². The predicted molar refractivity (Wildman–Crippen MR) is 151 cm³/mol. The second kappa shape index (κ2) is 14.8. The van der Waals surface area contributed by atoms with Gasteiger partial charge in [-0.2, -0.15) is 11.8 Å². The number of hydrogen-bond donors (Lipinski definition) is 6. The van der Waals surface area contributed by atoms with Crippen LogP contribution in [-0.2, 0) is 25.6 Å². The summed E-state index contributed by atoms with van der Waals surface area (Å²) in [6.07, 6.45) is 4.71. The topological polar surface area (TPSA) is 166 Å². The van der Waals surface area contributed by atoms with Crippen molar-refractivity contribution >= 4 is 46.4 Å². The number of carbonyl (C=O) groups excluding carboxylic acids is 3. The van der Waals surface area contributed by atoms with Gasteiger partial charge < -0.3 is 31.8 Å². The standard InChI is InChI=1S/C27H41N5O5S/c1-6-16(4)23(27(36)37)32-24(33)20(11-12-38-5)30-25(34)21(31-26(35)22(28)15(2)3)13-17-14-29-19-10-8-7-9-18(17)19/h7-10,14-16,20-23,29H,6,11-13,28H2,1-5H3,(H,30,34)(H,31,35)(H,32,33)(H,36,37). The van der Waals surface area contributed by atoms with Crippen LogP contribution in [-0.4, -0.2) is 70.0 Å². The number of H-pyrrole nitrogens is 1. The number of thioether (sulfide) groups is 1. The molecule has 0 radical (unpaired) electrons. The Kier molecular flexibility index (Phi) is 12.1. The number of amides is 3. The lowest BCUT2D eigenvalue weighted by atomic mass is 9.98. The molecule has 0 bridgehead atoms. The number of carboxylic acid groups (broad SMARTS) is 1. The van der Waals surface area contributed by atoms with Crippen LogP contribution in [0.5, 0.6) is 0 Å². The van der Waals surface area contributed by atoms with Crippen LogP contribution in [0.1, 0.15) is 46.1 Å². The van der Waals surface area contributed by atoms with Gasteiger partial charge in [0, 0.05) is 23.5 Å². The summed E-state index contributed by atoms with van der Waals surface area (Å²) in [7, 11) is 0. The minimum Gasteiger partial charge on any atom is -0.480 e. The van der Waals surface area contributed by atoms with E-state index in [1.807, 2.05) is 51.3 Å². The van der Waals surface area contributed by atoms with Gasteiger partial charge in [0.2, 0.25) is 17.7 Å². The summed E-state index contributed by atoms with van der Waals surface area (Å²) in [4.78, 5) is 54.5. The maximum absolute atomic E-state index is 13.5. The summed E-state index contributed by atoms with van der Waals surface area (Å²) >= 11 is 1.50. The van der Waals surface area contributed by atoms with E-state index < -0.39 is 47.9 Å². The molecule has 0 saturated heterocycles. The fraction of sp³-hybridized carbons (Fsp3) is 0.556. The molecule has 2 rings (SSSR count). The van der Waals surface area contributed by atoms with Crippen LogP contribution in [0.15, 0.2) is 30.5 Å². The van der Waals surface area contributed by atoms with E-state index in [2.05, 4.69) is 20.9 Å². The van der Waals surface area contributed by atoms with Crippen LogP contribution in [0.4, 0.5) is 0 Å². The number of aromatic amines is 1. The molecule has 5 atom stereocenters. The molecule has 2 aromatic rings. The van der Waals surface area contributed by atoms with Crippen molar-refractivity contribution in [3.8, 4) is 0 Å². The molecule has 0 aliphatic rings. The van der Waals surface area contributed by atoms with E-state index >= 15 is 0 Å². The monoisotopic (exact) mass is 547 g/mol. The lowest BCUT2D eigenvalue weighted by Gasteiger charge is -2.27. The number of benzene rings is 1. The smallest absolute Gasteiger partial charge is 0.326 e. The summed E-state index contributed by atoms with van der Waals surface area (Å²) in [5.41, 5.74) is 7.76. The van der Waals surface area contributed by atoms with E-state index in [0.29, 0.717) is 18.6 Å². The van der Waals surface area contributed by atoms with Crippen molar-refractivity contribution in [3.05, 3.63) is 36.0 Å². The third kappa shape index (κ3) is 8.49. The number of nitrogens with two attached hydrogens (primary N) is 1. The van der Waals surface area contributed by atoms with Gasteiger partial charge in [-0.1, -0.05) is 52.3 Å². The third-order valence-corrected chi connectivity index (χ3v) is 7.42. The normalized spacial score (nSPS) is 15.3. The molecular weight excluding hydrogens is 506 g/mol. The third-order valence-electron chi connectivity index (χ3n) is 6.77. The van der Waals surface area contributed by atoms with Crippen molar-refractivity contribution < 1.29 is 24.3 Å². The summed E-state index contributed by atoms with van der Waals surface area (Å²) in [6.45, 7) is 7.23. The molecule has 1 aromatic carbocycles. The molecular formula is C27H41N5O5S. The van der Waals surface area contributed by atoms with Crippen molar-refractivity contribution in [1.82, 2.24) is 20.9 Å². The number of aliphatic carboxylic acids is 1. The van der Waals surface area contributed by atoms with Crippen molar-refractivity contribution in [2.75, 3.05) is 12.0 Å². The second-order valence-corrected chi connectivity index (χ2v) is 10.9. The Labute approximate surface area is 228 Å². The van der Waals surface area contributed by atoms with E-state index in [0.717, 1.165) is 16.5 Å². The molecule has 7 N–H and O–H groups in total. The zero-order valence-electron chi connectivity index (χ0n) is 22.7. The van der Waals surface area contributed by atoms with Gasteiger partial charge in [0.15, 0.2) is 0 Å². The summed E-state index contributed by atoms with van der Waals surface area (Å²) in [5.74, 6) is -2.58. The fourth-order valence-corrected chi connectivity index (χ4v) is 4.49. The number of hydrogen-bond acceptors (Lipinski definition) is 6. The highest BCUT2D eigenvalue weighted by Gasteiger charge is 2.32.